The fourth-order valence-electron chi connectivity index (χ4n) is 2.16. The third-order valence-corrected chi connectivity index (χ3v) is 4.00. The van der Waals surface area contributed by atoms with Gasteiger partial charge in [-0.1, -0.05) is 22.0 Å². The number of esters is 1. The van der Waals surface area contributed by atoms with Crippen LogP contribution < -0.4 is 20.5 Å². The van der Waals surface area contributed by atoms with Gasteiger partial charge in [0.1, 0.15) is 6.61 Å². The summed E-state index contributed by atoms with van der Waals surface area (Å²) in [5.41, 5.74) is 6.52. The number of nitrogens with one attached hydrogen (secondary N) is 1. The molecule has 1 aliphatic heterocycles. The molecule has 0 aromatic heterocycles. The maximum atomic E-state index is 12.2. The van der Waals surface area contributed by atoms with Gasteiger partial charge in [0.25, 0.3) is 0 Å². The second-order valence-corrected chi connectivity index (χ2v) is 5.80. The Morgan fingerprint density at radius 1 is 1.21 bits per heavy atom. The van der Waals surface area contributed by atoms with Gasteiger partial charge in [0.05, 0.1) is 5.56 Å². The third-order valence-electron chi connectivity index (χ3n) is 3.27. The highest BCUT2D eigenvalue weighted by atomic mass is 79.9. The Balaban J connectivity index is 1.69. The fourth-order valence-corrected chi connectivity index (χ4v) is 2.60. The average Bonchev–Trinajstić information content (AvgIpc) is 2.99. The summed E-state index contributed by atoms with van der Waals surface area (Å²) in [6, 6.07) is 9.14. The van der Waals surface area contributed by atoms with Crippen LogP contribution in [-0.4, -0.2) is 18.8 Å². The standard InChI is InChI=1S/C16H13BrN2O5/c17-12-6-14-13(23-8-24-14)5-10(12)7-22-15(20)9-2-1-3-11(4-9)19-16(18)21/h1-6H,7-8H2,(H3,18,19,21). The number of primary amides is 1. The van der Waals surface area contributed by atoms with Crippen molar-refractivity contribution in [2.24, 2.45) is 5.73 Å². The number of hydrogen-bond donors (Lipinski definition) is 2. The molecule has 1 aliphatic rings. The third kappa shape index (κ3) is 3.60. The zero-order valence-corrected chi connectivity index (χ0v) is 14.0. The summed E-state index contributed by atoms with van der Waals surface area (Å²) in [5, 5.41) is 2.40. The van der Waals surface area contributed by atoms with Gasteiger partial charge < -0.3 is 25.3 Å². The maximum Gasteiger partial charge on any atom is 0.338 e. The summed E-state index contributed by atoms with van der Waals surface area (Å²) in [5.74, 6) is 0.728. The first-order valence-corrected chi connectivity index (χ1v) is 7.74. The lowest BCUT2D eigenvalue weighted by Gasteiger charge is -2.09. The van der Waals surface area contributed by atoms with E-state index in [4.69, 9.17) is 19.9 Å². The molecule has 7 nitrogen and oxygen atoms in total. The summed E-state index contributed by atoms with van der Waals surface area (Å²) in [6.45, 7) is 0.230. The van der Waals surface area contributed by atoms with Gasteiger partial charge in [-0.05, 0) is 30.3 Å². The monoisotopic (exact) mass is 392 g/mol. The quantitative estimate of drug-likeness (QED) is 0.778. The van der Waals surface area contributed by atoms with Crippen LogP contribution in [0.15, 0.2) is 40.9 Å². The van der Waals surface area contributed by atoms with Gasteiger partial charge in [0.15, 0.2) is 11.5 Å². The maximum absolute atomic E-state index is 12.2. The van der Waals surface area contributed by atoms with Crippen molar-refractivity contribution in [3.63, 3.8) is 0 Å². The zero-order chi connectivity index (χ0) is 17.1. The number of amides is 2. The van der Waals surface area contributed by atoms with E-state index < -0.39 is 12.0 Å². The topological polar surface area (TPSA) is 99.9 Å². The number of benzene rings is 2. The van der Waals surface area contributed by atoms with Crippen LogP contribution >= 0.6 is 15.9 Å². The predicted octanol–water partition coefficient (Wildman–Crippen LogP) is 3.03. The molecular formula is C16H13BrN2O5. The molecular weight excluding hydrogens is 380 g/mol. The van der Waals surface area contributed by atoms with Crippen LogP contribution in [0.25, 0.3) is 0 Å². The van der Waals surface area contributed by atoms with Gasteiger partial charge in [-0.2, -0.15) is 0 Å². The van der Waals surface area contributed by atoms with Crippen LogP contribution in [0.3, 0.4) is 0 Å². The molecule has 0 saturated heterocycles. The SMILES string of the molecule is NC(=O)Nc1cccc(C(=O)OCc2cc3c(cc2Br)OCO3)c1. The van der Waals surface area contributed by atoms with Crippen molar-refractivity contribution in [3.8, 4) is 11.5 Å². The minimum atomic E-state index is -0.704. The lowest BCUT2D eigenvalue weighted by molar-refractivity contribution is 0.0471. The molecule has 0 unspecified atom stereocenters. The summed E-state index contributed by atoms with van der Waals surface area (Å²) in [6.07, 6.45) is 0. The molecule has 0 bridgehead atoms. The second-order valence-electron chi connectivity index (χ2n) is 4.94. The minimum absolute atomic E-state index is 0.0591. The Morgan fingerprint density at radius 2 is 1.96 bits per heavy atom. The van der Waals surface area contributed by atoms with Crippen molar-refractivity contribution in [1.29, 1.82) is 0 Å². The van der Waals surface area contributed by atoms with E-state index in [9.17, 15) is 9.59 Å². The fraction of sp³-hybridized carbons (Fsp3) is 0.125. The van der Waals surface area contributed by atoms with Gasteiger partial charge >= 0.3 is 12.0 Å². The summed E-state index contributed by atoms with van der Waals surface area (Å²) in [7, 11) is 0. The normalized spacial score (nSPS) is 11.9. The highest BCUT2D eigenvalue weighted by Crippen LogP contribution is 2.37. The Bertz CT molecular complexity index is 809. The molecule has 124 valence electrons. The van der Waals surface area contributed by atoms with Crippen molar-refractivity contribution in [3.05, 3.63) is 52.0 Å². The van der Waals surface area contributed by atoms with Crippen LogP contribution in [0.1, 0.15) is 15.9 Å². The van der Waals surface area contributed by atoms with E-state index >= 15 is 0 Å². The molecule has 2 aromatic carbocycles. The second kappa shape index (κ2) is 6.79. The number of rotatable bonds is 4. The molecule has 0 atom stereocenters. The molecule has 0 spiro atoms. The zero-order valence-electron chi connectivity index (χ0n) is 12.4. The largest absolute Gasteiger partial charge is 0.457 e. The van der Waals surface area contributed by atoms with E-state index in [1.165, 1.54) is 6.07 Å². The van der Waals surface area contributed by atoms with E-state index in [2.05, 4.69) is 21.2 Å². The first-order valence-electron chi connectivity index (χ1n) is 6.94. The van der Waals surface area contributed by atoms with Crippen molar-refractivity contribution < 1.29 is 23.8 Å². The van der Waals surface area contributed by atoms with Gasteiger partial charge in [0, 0.05) is 15.7 Å². The number of nitrogens with two attached hydrogens (primary N) is 1. The summed E-state index contributed by atoms with van der Waals surface area (Å²) < 4.78 is 16.6. The Hall–Kier alpha value is -2.74. The van der Waals surface area contributed by atoms with E-state index in [1.54, 1.807) is 30.3 Å². The molecule has 24 heavy (non-hydrogen) atoms. The number of anilines is 1. The van der Waals surface area contributed by atoms with E-state index in [1.807, 2.05) is 0 Å². The van der Waals surface area contributed by atoms with Gasteiger partial charge in [0.2, 0.25) is 6.79 Å². The van der Waals surface area contributed by atoms with Crippen LogP contribution in [0.4, 0.5) is 10.5 Å². The molecule has 2 amide bonds. The lowest BCUT2D eigenvalue weighted by atomic mass is 10.2. The first kappa shape index (κ1) is 16.1. The molecule has 2 aromatic rings. The van der Waals surface area contributed by atoms with Crippen LogP contribution in [0.2, 0.25) is 0 Å². The molecule has 3 rings (SSSR count). The number of halogens is 1. The molecule has 0 saturated carbocycles. The summed E-state index contributed by atoms with van der Waals surface area (Å²) in [4.78, 5) is 23.0. The number of ether oxygens (including phenoxy) is 3. The number of fused-ring (bicyclic) bond motifs is 1. The number of carbonyl (C=O) groups is 2. The molecule has 8 heteroatoms. The number of urea groups is 1. The number of hydrogen-bond acceptors (Lipinski definition) is 5. The smallest absolute Gasteiger partial charge is 0.338 e. The Morgan fingerprint density at radius 3 is 2.71 bits per heavy atom. The molecule has 1 heterocycles. The molecule has 0 fully saturated rings. The lowest BCUT2D eigenvalue weighted by Crippen LogP contribution is -2.19. The van der Waals surface area contributed by atoms with Crippen molar-refractivity contribution in [2.45, 2.75) is 6.61 Å². The van der Waals surface area contributed by atoms with Crippen molar-refractivity contribution >= 4 is 33.6 Å². The minimum Gasteiger partial charge on any atom is -0.457 e. The van der Waals surface area contributed by atoms with Gasteiger partial charge in [-0.25, -0.2) is 9.59 Å². The van der Waals surface area contributed by atoms with Crippen LogP contribution in [0, 0.1) is 0 Å². The molecule has 3 N–H and O–H groups in total. The first-order chi connectivity index (χ1) is 11.5. The van der Waals surface area contributed by atoms with Crippen molar-refractivity contribution in [1.82, 2.24) is 0 Å². The van der Waals surface area contributed by atoms with E-state index in [-0.39, 0.29) is 13.4 Å². The van der Waals surface area contributed by atoms with E-state index in [0.717, 1.165) is 10.0 Å². The van der Waals surface area contributed by atoms with E-state index in [0.29, 0.717) is 22.7 Å². The highest BCUT2D eigenvalue weighted by molar-refractivity contribution is 9.10. The average molecular weight is 393 g/mol. The molecule has 0 radical (unpaired) electrons. The van der Waals surface area contributed by atoms with Crippen LogP contribution in [0.5, 0.6) is 11.5 Å². The Kier molecular flexibility index (Phi) is 4.57. The number of carbonyl (C=O) groups excluding carboxylic acids is 2. The van der Waals surface area contributed by atoms with Crippen LogP contribution in [-0.2, 0) is 11.3 Å². The molecule has 0 aliphatic carbocycles. The predicted molar refractivity (Wildman–Crippen MR) is 89.0 cm³/mol. The Labute approximate surface area is 145 Å². The summed E-state index contributed by atoms with van der Waals surface area (Å²) >= 11 is 3.41. The van der Waals surface area contributed by atoms with Gasteiger partial charge in [-0.3, -0.25) is 0 Å². The van der Waals surface area contributed by atoms with Crippen molar-refractivity contribution in [2.75, 3.05) is 12.1 Å². The highest BCUT2D eigenvalue weighted by Gasteiger charge is 2.17. The van der Waals surface area contributed by atoms with Gasteiger partial charge in [-0.15, -0.1) is 0 Å².